The molecule has 0 saturated heterocycles. The molecule has 0 bridgehead atoms. The van der Waals surface area contributed by atoms with Crippen molar-refractivity contribution in [3.8, 4) is 0 Å². The predicted octanol–water partition coefficient (Wildman–Crippen LogP) is 0.283. The van der Waals surface area contributed by atoms with Crippen molar-refractivity contribution in [2.45, 2.75) is 0 Å². The molecule has 0 radical (unpaired) electrons. The van der Waals surface area contributed by atoms with Crippen LogP contribution in [-0.2, 0) is 0 Å². The standard InChI is InChI=1S/C9H12N4O/c1-2-4-11-8-6-7(3-5-12-8)9(14)13-10/h2-3,5-6H,1,4,10H2,(H,11,12)(H,13,14). The van der Waals surface area contributed by atoms with E-state index in [-0.39, 0.29) is 5.91 Å². The fourth-order valence-electron chi connectivity index (χ4n) is 0.929. The summed E-state index contributed by atoms with van der Waals surface area (Å²) in [5, 5.41) is 2.96. The molecule has 14 heavy (non-hydrogen) atoms. The number of anilines is 1. The summed E-state index contributed by atoms with van der Waals surface area (Å²) in [6.07, 6.45) is 3.24. The van der Waals surface area contributed by atoms with Crippen LogP contribution in [0.2, 0.25) is 0 Å². The number of carbonyl (C=O) groups excluding carboxylic acids is 1. The minimum atomic E-state index is -0.339. The molecule has 1 aromatic rings. The largest absolute Gasteiger partial charge is 0.367 e. The summed E-state index contributed by atoms with van der Waals surface area (Å²) < 4.78 is 0. The Bertz CT molecular complexity index is 337. The third kappa shape index (κ3) is 2.56. The summed E-state index contributed by atoms with van der Waals surface area (Å²) >= 11 is 0. The van der Waals surface area contributed by atoms with Gasteiger partial charge in [0.15, 0.2) is 0 Å². The molecule has 0 aliphatic carbocycles. The molecule has 5 heteroatoms. The molecule has 0 unspecified atom stereocenters. The van der Waals surface area contributed by atoms with Crippen molar-refractivity contribution < 1.29 is 4.79 Å². The van der Waals surface area contributed by atoms with Crippen molar-refractivity contribution in [2.24, 2.45) is 5.84 Å². The first-order valence-corrected chi connectivity index (χ1v) is 4.09. The molecule has 5 nitrogen and oxygen atoms in total. The van der Waals surface area contributed by atoms with E-state index in [2.05, 4.69) is 16.9 Å². The Balaban J connectivity index is 2.78. The summed E-state index contributed by atoms with van der Waals surface area (Å²) in [4.78, 5) is 15.1. The van der Waals surface area contributed by atoms with E-state index < -0.39 is 0 Å². The SMILES string of the molecule is C=CCNc1cc(C(=O)NN)ccn1. The van der Waals surface area contributed by atoms with Gasteiger partial charge in [-0.1, -0.05) is 6.08 Å². The van der Waals surface area contributed by atoms with Crippen LogP contribution in [0, 0.1) is 0 Å². The van der Waals surface area contributed by atoms with Gasteiger partial charge in [-0.2, -0.15) is 0 Å². The molecule has 0 fully saturated rings. The van der Waals surface area contributed by atoms with E-state index >= 15 is 0 Å². The van der Waals surface area contributed by atoms with Gasteiger partial charge in [-0.25, -0.2) is 10.8 Å². The number of aromatic nitrogens is 1. The fourth-order valence-corrected chi connectivity index (χ4v) is 0.929. The van der Waals surface area contributed by atoms with Crippen molar-refractivity contribution in [1.29, 1.82) is 0 Å². The van der Waals surface area contributed by atoms with Gasteiger partial charge in [0.05, 0.1) is 0 Å². The third-order valence-electron chi connectivity index (χ3n) is 1.58. The highest BCUT2D eigenvalue weighted by atomic mass is 16.2. The third-order valence-corrected chi connectivity index (χ3v) is 1.58. The zero-order chi connectivity index (χ0) is 10.4. The lowest BCUT2D eigenvalue weighted by atomic mass is 10.2. The molecule has 4 N–H and O–H groups in total. The molecular formula is C9H12N4O. The van der Waals surface area contributed by atoms with Crippen LogP contribution in [0.5, 0.6) is 0 Å². The van der Waals surface area contributed by atoms with E-state index in [1.165, 1.54) is 6.20 Å². The zero-order valence-electron chi connectivity index (χ0n) is 7.66. The van der Waals surface area contributed by atoms with E-state index in [0.29, 0.717) is 17.9 Å². The lowest BCUT2D eigenvalue weighted by molar-refractivity contribution is 0.0953. The summed E-state index contributed by atoms with van der Waals surface area (Å²) in [5.41, 5.74) is 2.52. The number of hydrazine groups is 1. The summed E-state index contributed by atoms with van der Waals surface area (Å²) in [6.45, 7) is 4.16. The molecule has 0 spiro atoms. The predicted molar refractivity (Wildman–Crippen MR) is 54.6 cm³/mol. The van der Waals surface area contributed by atoms with Gasteiger partial charge in [0.1, 0.15) is 5.82 Å². The normalized spacial score (nSPS) is 9.21. The lowest BCUT2D eigenvalue weighted by Crippen LogP contribution is -2.30. The molecule has 0 aliphatic heterocycles. The lowest BCUT2D eigenvalue weighted by Gasteiger charge is -2.04. The number of nitrogen functional groups attached to an aromatic ring is 1. The van der Waals surface area contributed by atoms with Crippen LogP contribution in [-0.4, -0.2) is 17.4 Å². The molecule has 0 atom stereocenters. The van der Waals surface area contributed by atoms with Crippen molar-refractivity contribution in [2.75, 3.05) is 11.9 Å². The number of hydrogen-bond acceptors (Lipinski definition) is 4. The Morgan fingerprint density at radius 1 is 1.71 bits per heavy atom. The first-order valence-electron chi connectivity index (χ1n) is 4.09. The fraction of sp³-hybridized carbons (Fsp3) is 0.111. The highest BCUT2D eigenvalue weighted by Crippen LogP contribution is 2.05. The smallest absolute Gasteiger partial charge is 0.265 e. The van der Waals surface area contributed by atoms with E-state index in [9.17, 15) is 4.79 Å². The first-order chi connectivity index (χ1) is 6.77. The zero-order valence-corrected chi connectivity index (χ0v) is 7.66. The quantitative estimate of drug-likeness (QED) is 0.277. The van der Waals surface area contributed by atoms with E-state index in [1.807, 2.05) is 5.43 Å². The second-order valence-electron chi connectivity index (χ2n) is 2.57. The number of amides is 1. The van der Waals surface area contributed by atoms with E-state index in [0.717, 1.165) is 0 Å². The van der Waals surface area contributed by atoms with Crippen molar-refractivity contribution in [1.82, 2.24) is 10.4 Å². The second kappa shape index (κ2) is 4.98. The average Bonchev–Trinajstić information content (AvgIpc) is 2.25. The van der Waals surface area contributed by atoms with Gasteiger partial charge in [-0.05, 0) is 12.1 Å². The van der Waals surface area contributed by atoms with Crippen molar-refractivity contribution in [3.05, 3.63) is 36.5 Å². The molecule has 1 heterocycles. The molecule has 1 rings (SSSR count). The maximum absolute atomic E-state index is 11.1. The number of nitrogens with zero attached hydrogens (tertiary/aromatic N) is 1. The number of rotatable bonds is 4. The number of carbonyl (C=O) groups is 1. The van der Waals surface area contributed by atoms with Gasteiger partial charge >= 0.3 is 0 Å². The monoisotopic (exact) mass is 192 g/mol. The molecule has 0 aromatic carbocycles. The highest BCUT2D eigenvalue weighted by molar-refractivity contribution is 5.94. The van der Waals surface area contributed by atoms with Crippen LogP contribution in [0.25, 0.3) is 0 Å². The maximum atomic E-state index is 11.1. The summed E-state index contributed by atoms with van der Waals surface area (Å²) in [7, 11) is 0. The number of nitrogens with one attached hydrogen (secondary N) is 2. The van der Waals surface area contributed by atoms with Crippen LogP contribution >= 0.6 is 0 Å². The topological polar surface area (TPSA) is 80.0 Å². The highest BCUT2D eigenvalue weighted by Gasteiger charge is 2.03. The maximum Gasteiger partial charge on any atom is 0.265 e. The molecule has 0 saturated carbocycles. The van der Waals surface area contributed by atoms with Gasteiger partial charge in [0.2, 0.25) is 0 Å². The number of hydrogen-bond donors (Lipinski definition) is 3. The van der Waals surface area contributed by atoms with Gasteiger partial charge in [-0.15, -0.1) is 6.58 Å². The van der Waals surface area contributed by atoms with Crippen LogP contribution in [0.4, 0.5) is 5.82 Å². The second-order valence-corrected chi connectivity index (χ2v) is 2.57. The van der Waals surface area contributed by atoms with Crippen molar-refractivity contribution >= 4 is 11.7 Å². The van der Waals surface area contributed by atoms with Gasteiger partial charge in [-0.3, -0.25) is 10.2 Å². The number of nitrogens with two attached hydrogens (primary N) is 1. The molecular weight excluding hydrogens is 180 g/mol. The Morgan fingerprint density at radius 2 is 2.50 bits per heavy atom. The van der Waals surface area contributed by atoms with Gasteiger partial charge in [0, 0.05) is 18.3 Å². The summed E-state index contributed by atoms with van der Waals surface area (Å²) in [5.74, 6) is 5.28. The minimum absolute atomic E-state index is 0.339. The molecule has 0 aliphatic rings. The Labute approximate surface area is 82.0 Å². The number of pyridine rings is 1. The van der Waals surface area contributed by atoms with E-state index in [4.69, 9.17) is 5.84 Å². The van der Waals surface area contributed by atoms with Gasteiger partial charge < -0.3 is 5.32 Å². The Morgan fingerprint density at radius 3 is 3.14 bits per heavy atom. The van der Waals surface area contributed by atoms with Crippen LogP contribution in [0.15, 0.2) is 31.0 Å². The van der Waals surface area contributed by atoms with Gasteiger partial charge in [0.25, 0.3) is 5.91 Å². The molecule has 1 aromatic heterocycles. The Hall–Kier alpha value is -1.88. The van der Waals surface area contributed by atoms with Crippen LogP contribution < -0.4 is 16.6 Å². The van der Waals surface area contributed by atoms with Crippen LogP contribution in [0.1, 0.15) is 10.4 Å². The average molecular weight is 192 g/mol. The van der Waals surface area contributed by atoms with Crippen molar-refractivity contribution in [3.63, 3.8) is 0 Å². The molecule has 74 valence electrons. The molecule has 1 amide bonds. The minimum Gasteiger partial charge on any atom is -0.367 e. The Kier molecular flexibility index (Phi) is 3.63. The first kappa shape index (κ1) is 10.2. The van der Waals surface area contributed by atoms with Crippen LogP contribution in [0.3, 0.4) is 0 Å². The van der Waals surface area contributed by atoms with E-state index in [1.54, 1.807) is 18.2 Å². The summed E-state index contributed by atoms with van der Waals surface area (Å²) in [6, 6.07) is 3.20.